The van der Waals surface area contributed by atoms with Gasteiger partial charge >= 0.3 is 6.09 Å². The number of likely N-dealkylation sites (N-methyl/N-ethyl adjacent to an activating group) is 1. The predicted molar refractivity (Wildman–Crippen MR) is 80.1 cm³/mol. The average molecular weight is 288 g/mol. The molecule has 7 nitrogen and oxygen atoms in total. The molecular weight excluding hydrogens is 260 g/mol. The average Bonchev–Trinajstić information content (AvgIpc) is 2.34. The van der Waals surface area contributed by atoms with Gasteiger partial charge in [-0.15, -0.1) is 0 Å². The third kappa shape index (κ3) is 9.43. The maximum absolute atomic E-state index is 11.7. The van der Waals surface area contributed by atoms with Crippen LogP contribution in [0, 0.1) is 0 Å². The monoisotopic (exact) mass is 288 g/mol. The number of nitrogens with zero attached hydrogens (tertiary/aromatic N) is 2. The second-order valence-electron chi connectivity index (χ2n) is 5.32. The number of aliphatic imine (C=N–C) groups is 1. The molecule has 7 heteroatoms. The molecule has 0 aliphatic rings. The number of hydrogen-bond acceptors (Lipinski definition) is 4. The van der Waals surface area contributed by atoms with Crippen molar-refractivity contribution in [2.24, 2.45) is 4.99 Å². The summed E-state index contributed by atoms with van der Waals surface area (Å²) >= 11 is 0. The van der Waals surface area contributed by atoms with Gasteiger partial charge in [-0.3, -0.25) is 4.99 Å². The molecule has 0 fully saturated rings. The Morgan fingerprint density at radius 3 is 2.35 bits per heavy atom. The minimum atomic E-state index is -0.476. The third-order valence-corrected chi connectivity index (χ3v) is 2.27. The molecule has 2 N–H and O–H groups in total. The van der Waals surface area contributed by atoms with Crippen molar-refractivity contribution in [2.75, 3.05) is 47.4 Å². The first-order valence-corrected chi connectivity index (χ1v) is 6.67. The van der Waals surface area contributed by atoms with Crippen LogP contribution in [-0.4, -0.2) is 70.0 Å². The maximum atomic E-state index is 11.7. The number of guanidine groups is 1. The van der Waals surface area contributed by atoms with E-state index in [9.17, 15) is 4.79 Å². The van der Waals surface area contributed by atoms with Crippen molar-refractivity contribution in [3.05, 3.63) is 0 Å². The molecule has 0 unspecified atom stereocenters. The Bertz CT molecular complexity index is 313. The van der Waals surface area contributed by atoms with E-state index in [1.54, 1.807) is 21.2 Å². The van der Waals surface area contributed by atoms with Gasteiger partial charge in [-0.2, -0.15) is 0 Å². The van der Waals surface area contributed by atoms with Crippen LogP contribution in [0.1, 0.15) is 20.8 Å². The van der Waals surface area contributed by atoms with Gasteiger partial charge in [0.25, 0.3) is 0 Å². The summed E-state index contributed by atoms with van der Waals surface area (Å²) in [7, 11) is 5.05. The normalized spacial score (nSPS) is 12.0. The lowest BCUT2D eigenvalue weighted by Gasteiger charge is -2.24. The van der Waals surface area contributed by atoms with E-state index in [-0.39, 0.29) is 6.09 Å². The van der Waals surface area contributed by atoms with Crippen LogP contribution in [0.15, 0.2) is 4.99 Å². The van der Waals surface area contributed by atoms with E-state index in [4.69, 9.17) is 9.47 Å². The second-order valence-corrected chi connectivity index (χ2v) is 5.32. The molecule has 20 heavy (non-hydrogen) atoms. The van der Waals surface area contributed by atoms with Gasteiger partial charge in [-0.05, 0) is 20.8 Å². The molecule has 118 valence electrons. The fraction of sp³-hybridized carbons (Fsp3) is 0.846. The highest BCUT2D eigenvalue weighted by Crippen LogP contribution is 2.08. The zero-order valence-corrected chi connectivity index (χ0v) is 13.4. The molecule has 1 amide bonds. The first-order chi connectivity index (χ1) is 9.30. The van der Waals surface area contributed by atoms with Crippen molar-refractivity contribution in [3.63, 3.8) is 0 Å². The molecule has 0 bridgehead atoms. The van der Waals surface area contributed by atoms with Gasteiger partial charge in [0.05, 0.1) is 6.61 Å². The van der Waals surface area contributed by atoms with Gasteiger partial charge in [0, 0.05) is 40.8 Å². The molecule has 0 aliphatic carbocycles. The Hall–Kier alpha value is -1.50. The van der Waals surface area contributed by atoms with Crippen LogP contribution < -0.4 is 10.6 Å². The summed E-state index contributed by atoms with van der Waals surface area (Å²) in [4.78, 5) is 17.3. The Morgan fingerprint density at radius 2 is 1.85 bits per heavy atom. The summed E-state index contributed by atoms with van der Waals surface area (Å²) in [5, 5.41) is 6.20. The summed E-state index contributed by atoms with van der Waals surface area (Å²) in [5.41, 5.74) is -0.476. The molecule has 0 radical (unpaired) electrons. The van der Waals surface area contributed by atoms with Gasteiger partial charge < -0.3 is 25.0 Å². The van der Waals surface area contributed by atoms with E-state index in [1.165, 1.54) is 4.90 Å². The van der Waals surface area contributed by atoms with Crippen LogP contribution >= 0.6 is 0 Å². The minimum Gasteiger partial charge on any atom is -0.444 e. The van der Waals surface area contributed by atoms with Gasteiger partial charge in [0.1, 0.15) is 5.60 Å². The van der Waals surface area contributed by atoms with Crippen molar-refractivity contribution in [1.82, 2.24) is 15.5 Å². The highest BCUT2D eigenvalue weighted by molar-refractivity contribution is 5.79. The van der Waals surface area contributed by atoms with E-state index in [1.807, 2.05) is 20.8 Å². The van der Waals surface area contributed by atoms with Crippen molar-refractivity contribution in [1.29, 1.82) is 0 Å². The number of hydrogen-bond donors (Lipinski definition) is 2. The van der Waals surface area contributed by atoms with Crippen LogP contribution in [0.25, 0.3) is 0 Å². The number of ether oxygens (including phenoxy) is 2. The zero-order chi connectivity index (χ0) is 15.6. The Balaban J connectivity index is 3.94. The Labute approximate surface area is 121 Å². The molecular formula is C13H28N4O3. The lowest BCUT2D eigenvalue weighted by molar-refractivity contribution is 0.0302. The smallest absolute Gasteiger partial charge is 0.410 e. The van der Waals surface area contributed by atoms with E-state index in [0.29, 0.717) is 32.2 Å². The molecule has 0 saturated heterocycles. The number of amides is 1. The van der Waals surface area contributed by atoms with Crippen molar-refractivity contribution in [3.8, 4) is 0 Å². The van der Waals surface area contributed by atoms with Crippen molar-refractivity contribution >= 4 is 12.1 Å². The topological polar surface area (TPSA) is 75.2 Å². The first kappa shape index (κ1) is 18.5. The van der Waals surface area contributed by atoms with Crippen LogP contribution in [0.4, 0.5) is 4.79 Å². The highest BCUT2D eigenvalue weighted by atomic mass is 16.6. The van der Waals surface area contributed by atoms with Gasteiger partial charge in [0.15, 0.2) is 5.96 Å². The molecule has 0 atom stereocenters. The number of carbonyl (C=O) groups excluding carboxylic acids is 1. The molecule has 0 saturated carbocycles. The number of methoxy groups -OCH3 is 1. The van der Waals surface area contributed by atoms with Crippen molar-refractivity contribution in [2.45, 2.75) is 26.4 Å². The molecule has 0 heterocycles. The molecule has 0 aromatic heterocycles. The largest absolute Gasteiger partial charge is 0.444 e. The van der Waals surface area contributed by atoms with E-state index in [2.05, 4.69) is 15.6 Å². The standard InChI is InChI=1S/C13H28N4O3/c1-13(2,3)20-12(18)17(5)9-7-15-11(14-4)16-8-10-19-6/h7-10H2,1-6H3,(H2,14,15,16). The van der Waals surface area contributed by atoms with Crippen LogP contribution in [0.5, 0.6) is 0 Å². The highest BCUT2D eigenvalue weighted by Gasteiger charge is 2.19. The molecule has 0 aromatic rings. The lowest BCUT2D eigenvalue weighted by atomic mass is 10.2. The molecule has 0 rings (SSSR count). The quantitative estimate of drug-likeness (QED) is 0.427. The second kappa shape index (κ2) is 9.41. The fourth-order valence-electron chi connectivity index (χ4n) is 1.27. The summed E-state index contributed by atoms with van der Waals surface area (Å²) in [6, 6.07) is 0. The van der Waals surface area contributed by atoms with Crippen molar-refractivity contribution < 1.29 is 14.3 Å². The zero-order valence-electron chi connectivity index (χ0n) is 13.4. The lowest BCUT2D eigenvalue weighted by Crippen LogP contribution is -2.43. The number of rotatable bonds is 6. The van der Waals surface area contributed by atoms with Crippen LogP contribution in [0.2, 0.25) is 0 Å². The third-order valence-electron chi connectivity index (χ3n) is 2.27. The van der Waals surface area contributed by atoms with E-state index >= 15 is 0 Å². The first-order valence-electron chi connectivity index (χ1n) is 6.67. The van der Waals surface area contributed by atoms with Gasteiger partial charge in [-0.25, -0.2) is 4.79 Å². The number of carbonyl (C=O) groups is 1. The predicted octanol–water partition coefficient (Wildman–Crippen LogP) is 0.665. The minimum absolute atomic E-state index is 0.332. The summed E-state index contributed by atoms with van der Waals surface area (Å²) in [5.74, 6) is 0.680. The number of nitrogens with one attached hydrogen (secondary N) is 2. The van der Waals surface area contributed by atoms with E-state index in [0.717, 1.165) is 0 Å². The Kier molecular flexibility index (Phi) is 8.71. The van der Waals surface area contributed by atoms with Crippen LogP contribution in [-0.2, 0) is 9.47 Å². The van der Waals surface area contributed by atoms with Gasteiger partial charge in [0.2, 0.25) is 0 Å². The summed E-state index contributed by atoms with van der Waals surface area (Å²) in [6.07, 6.45) is -0.332. The van der Waals surface area contributed by atoms with Crippen LogP contribution in [0.3, 0.4) is 0 Å². The molecule has 0 aromatic carbocycles. The summed E-state index contributed by atoms with van der Waals surface area (Å²) in [6.45, 7) is 7.94. The summed E-state index contributed by atoms with van der Waals surface area (Å²) < 4.78 is 10.2. The SMILES string of the molecule is CN=C(NCCOC)NCCN(C)C(=O)OC(C)(C)C. The molecule has 0 spiro atoms. The van der Waals surface area contributed by atoms with E-state index < -0.39 is 5.60 Å². The Morgan fingerprint density at radius 1 is 1.25 bits per heavy atom. The fourth-order valence-corrected chi connectivity index (χ4v) is 1.27. The van der Waals surface area contributed by atoms with Gasteiger partial charge in [-0.1, -0.05) is 0 Å². The molecule has 0 aliphatic heterocycles. The maximum Gasteiger partial charge on any atom is 0.410 e.